The number of nitrogens with two attached hydrogens (primary N) is 1. The maximum atomic E-state index is 11.5. The monoisotopic (exact) mass is 283 g/mol. The van der Waals surface area contributed by atoms with Gasteiger partial charge in [-0.15, -0.1) is 11.8 Å². The Bertz CT molecular complexity index is 440. The minimum Gasteiger partial charge on any atom is -0.399 e. The number of nitrogen functional groups attached to an aromatic ring is 1. The van der Waals surface area contributed by atoms with Crippen LogP contribution in [0, 0.1) is 0 Å². The van der Waals surface area contributed by atoms with Crippen LogP contribution in [0.2, 0.25) is 0 Å². The SMILES string of the molecule is COCCNC(=O)NC(=O)CSc1cccc(N)c1. The summed E-state index contributed by atoms with van der Waals surface area (Å²) in [5, 5.41) is 4.72. The molecule has 0 bridgehead atoms. The molecule has 1 aromatic carbocycles. The van der Waals surface area contributed by atoms with E-state index in [-0.39, 0.29) is 11.7 Å². The van der Waals surface area contributed by atoms with Gasteiger partial charge in [-0.1, -0.05) is 6.07 Å². The fraction of sp³-hybridized carbons (Fsp3) is 0.333. The topological polar surface area (TPSA) is 93.5 Å². The second-order valence-electron chi connectivity index (χ2n) is 3.66. The second-order valence-corrected chi connectivity index (χ2v) is 4.71. The van der Waals surface area contributed by atoms with Gasteiger partial charge >= 0.3 is 6.03 Å². The number of anilines is 1. The summed E-state index contributed by atoms with van der Waals surface area (Å²) in [5.41, 5.74) is 6.27. The molecule has 19 heavy (non-hydrogen) atoms. The molecular weight excluding hydrogens is 266 g/mol. The zero-order valence-corrected chi connectivity index (χ0v) is 11.5. The Hall–Kier alpha value is -1.73. The van der Waals surface area contributed by atoms with Crippen molar-refractivity contribution in [3.05, 3.63) is 24.3 Å². The van der Waals surface area contributed by atoms with Gasteiger partial charge in [0.15, 0.2) is 0 Å². The van der Waals surface area contributed by atoms with Crippen molar-refractivity contribution in [2.45, 2.75) is 4.90 Å². The fourth-order valence-corrected chi connectivity index (χ4v) is 1.99. The van der Waals surface area contributed by atoms with Crippen LogP contribution in [0.3, 0.4) is 0 Å². The highest BCUT2D eigenvalue weighted by Gasteiger charge is 2.07. The Kier molecular flexibility index (Phi) is 6.76. The first kappa shape index (κ1) is 15.3. The molecule has 1 rings (SSSR count). The zero-order valence-electron chi connectivity index (χ0n) is 10.6. The van der Waals surface area contributed by atoms with Crippen molar-refractivity contribution in [3.8, 4) is 0 Å². The van der Waals surface area contributed by atoms with Crippen LogP contribution in [0.5, 0.6) is 0 Å². The lowest BCUT2D eigenvalue weighted by Crippen LogP contribution is -2.41. The normalized spacial score (nSPS) is 9.95. The van der Waals surface area contributed by atoms with Crippen molar-refractivity contribution >= 4 is 29.4 Å². The molecule has 0 aliphatic rings. The predicted octanol–water partition coefficient (Wildman–Crippen LogP) is 0.833. The van der Waals surface area contributed by atoms with E-state index in [0.717, 1.165) is 4.90 Å². The van der Waals surface area contributed by atoms with Crippen molar-refractivity contribution in [3.63, 3.8) is 0 Å². The van der Waals surface area contributed by atoms with Crippen LogP contribution < -0.4 is 16.4 Å². The Balaban J connectivity index is 2.26. The third kappa shape index (κ3) is 6.68. The van der Waals surface area contributed by atoms with Gasteiger partial charge in [-0.3, -0.25) is 10.1 Å². The number of methoxy groups -OCH3 is 1. The molecule has 0 aliphatic carbocycles. The third-order valence-electron chi connectivity index (χ3n) is 2.07. The number of urea groups is 1. The highest BCUT2D eigenvalue weighted by molar-refractivity contribution is 8.00. The molecule has 1 aromatic rings. The molecule has 0 unspecified atom stereocenters. The molecule has 0 atom stereocenters. The first-order valence-corrected chi connectivity index (χ1v) is 6.65. The number of hydrogen-bond acceptors (Lipinski definition) is 5. The van der Waals surface area contributed by atoms with E-state index in [1.54, 1.807) is 12.1 Å². The number of rotatable bonds is 6. The van der Waals surface area contributed by atoms with E-state index in [0.29, 0.717) is 18.8 Å². The average molecular weight is 283 g/mol. The molecule has 6 nitrogen and oxygen atoms in total. The number of nitrogens with one attached hydrogen (secondary N) is 2. The van der Waals surface area contributed by atoms with Crippen molar-refractivity contribution in [1.82, 2.24) is 10.6 Å². The van der Waals surface area contributed by atoms with Crippen LogP contribution in [-0.2, 0) is 9.53 Å². The molecule has 0 aliphatic heterocycles. The van der Waals surface area contributed by atoms with Crippen molar-refractivity contribution in [2.75, 3.05) is 31.7 Å². The van der Waals surface area contributed by atoms with Crippen molar-refractivity contribution in [2.24, 2.45) is 0 Å². The Morgan fingerprint density at radius 2 is 2.21 bits per heavy atom. The summed E-state index contributed by atoms with van der Waals surface area (Å²) in [5.74, 6) is -0.205. The molecule has 3 amide bonds. The summed E-state index contributed by atoms with van der Waals surface area (Å²) in [6, 6.07) is 6.69. The number of thioether (sulfide) groups is 1. The molecule has 0 saturated heterocycles. The van der Waals surface area contributed by atoms with Gasteiger partial charge in [0.2, 0.25) is 5.91 Å². The van der Waals surface area contributed by atoms with E-state index in [1.165, 1.54) is 18.9 Å². The van der Waals surface area contributed by atoms with Crippen LogP contribution in [0.15, 0.2) is 29.2 Å². The van der Waals surface area contributed by atoms with Gasteiger partial charge in [0.1, 0.15) is 0 Å². The molecule has 0 saturated carbocycles. The van der Waals surface area contributed by atoms with Gasteiger partial charge in [0.25, 0.3) is 0 Å². The number of carbonyl (C=O) groups excluding carboxylic acids is 2. The van der Waals surface area contributed by atoms with Crippen LogP contribution in [0.25, 0.3) is 0 Å². The smallest absolute Gasteiger partial charge is 0.321 e. The first-order valence-electron chi connectivity index (χ1n) is 5.67. The van der Waals surface area contributed by atoms with Gasteiger partial charge < -0.3 is 15.8 Å². The summed E-state index contributed by atoms with van der Waals surface area (Å²) in [7, 11) is 1.53. The maximum Gasteiger partial charge on any atom is 0.321 e. The Labute approximate surface area is 116 Å². The molecule has 0 aromatic heterocycles. The lowest BCUT2D eigenvalue weighted by atomic mass is 10.3. The van der Waals surface area contributed by atoms with Crippen LogP contribution in [-0.4, -0.2) is 38.0 Å². The number of hydrogen-bond donors (Lipinski definition) is 3. The maximum absolute atomic E-state index is 11.5. The molecular formula is C12H17N3O3S. The fourth-order valence-electron chi connectivity index (χ4n) is 1.23. The van der Waals surface area contributed by atoms with E-state index in [2.05, 4.69) is 10.6 Å². The van der Waals surface area contributed by atoms with Gasteiger partial charge in [-0.25, -0.2) is 4.79 Å². The zero-order chi connectivity index (χ0) is 14.1. The van der Waals surface area contributed by atoms with Crippen LogP contribution >= 0.6 is 11.8 Å². The molecule has 0 spiro atoms. The first-order chi connectivity index (χ1) is 9.11. The van der Waals surface area contributed by atoms with Gasteiger partial charge in [0.05, 0.1) is 12.4 Å². The van der Waals surface area contributed by atoms with E-state index >= 15 is 0 Å². The van der Waals surface area contributed by atoms with Gasteiger partial charge in [-0.05, 0) is 18.2 Å². The van der Waals surface area contributed by atoms with Gasteiger partial charge in [-0.2, -0.15) is 0 Å². The highest BCUT2D eigenvalue weighted by atomic mass is 32.2. The molecule has 0 radical (unpaired) electrons. The highest BCUT2D eigenvalue weighted by Crippen LogP contribution is 2.19. The quantitative estimate of drug-likeness (QED) is 0.408. The summed E-state index contributed by atoms with van der Waals surface area (Å²) in [4.78, 5) is 23.6. The van der Waals surface area contributed by atoms with E-state index in [4.69, 9.17) is 10.5 Å². The standard InChI is InChI=1S/C12H17N3O3S/c1-18-6-5-14-12(17)15-11(16)8-19-10-4-2-3-9(13)7-10/h2-4,7H,5-6,8,13H2,1H3,(H2,14,15,16,17). The summed E-state index contributed by atoms with van der Waals surface area (Å²) in [6.45, 7) is 0.762. The summed E-state index contributed by atoms with van der Waals surface area (Å²) in [6.07, 6.45) is 0. The van der Waals surface area contributed by atoms with E-state index in [9.17, 15) is 9.59 Å². The number of amides is 3. The molecule has 0 fully saturated rings. The average Bonchev–Trinajstić information content (AvgIpc) is 2.37. The summed E-state index contributed by atoms with van der Waals surface area (Å²) >= 11 is 1.32. The minimum absolute atomic E-state index is 0.154. The lowest BCUT2D eigenvalue weighted by molar-refractivity contribution is -0.117. The van der Waals surface area contributed by atoms with E-state index in [1.807, 2.05) is 12.1 Å². The van der Waals surface area contributed by atoms with E-state index < -0.39 is 6.03 Å². The van der Waals surface area contributed by atoms with Gasteiger partial charge in [0, 0.05) is 24.2 Å². The molecule has 7 heteroatoms. The number of carbonyl (C=O) groups is 2. The lowest BCUT2D eigenvalue weighted by Gasteiger charge is -2.06. The molecule has 0 heterocycles. The summed E-state index contributed by atoms with van der Waals surface area (Å²) < 4.78 is 4.77. The minimum atomic E-state index is -0.518. The van der Waals surface area contributed by atoms with Crippen molar-refractivity contribution in [1.29, 1.82) is 0 Å². The second kappa shape index (κ2) is 8.39. The Morgan fingerprint density at radius 3 is 2.89 bits per heavy atom. The Morgan fingerprint density at radius 1 is 1.42 bits per heavy atom. The number of ether oxygens (including phenoxy) is 1. The largest absolute Gasteiger partial charge is 0.399 e. The van der Waals surface area contributed by atoms with Crippen LogP contribution in [0.4, 0.5) is 10.5 Å². The molecule has 4 N–H and O–H groups in total. The number of benzene rings is 1. The molecule has 104 valence electrons. The van der Waals surface area contributed by atoms with Crippen LogP contribution in [0.1, 0.15) is 0 Å². The predicted molar refractivity (Wildman–Crippen MR) is 75.0 cm³/mol. The number of imide groups is 1. The van der Waals surface area contributed by atoms with Crippen molar-refractivity contribution < 1.29 is 14.3 Å². The third-order valence-corrected chi connectivity index (χ3v) is 3.07.